The summed E-state index contributed by atoms with van der Waals surface area (Å²) in [6.07, 6.45) is 5.41. The summed E-state index contributed by atoms with van der Waals surface area (Å²) >= 11 is 1.45. The van der Waals surface area contributed by atoms with Crippen LogP contribution in [0, 0.1) is 0 Å². The average molecular weight is 399 g/mol. The van der Waals surface area contributed by atoms with Crippen molar-refractivity contribution in [2.24, 2.45) is 7.05 Å². The number of nitrogens with zero attached hydrogens (tertiary/aromatic N) is 4. The molecule has 0 N–H and O–H groups in total. The normalized spacial score (nSPS) is 14.2. The SMILES string of the molecule is CCN(C(=O)CSc1nnc(-c2ccc(C(C)(C)C)cc2)n1C)C1=CCCC1. The van der Waals surface area contributed by atoms with E-state index in [1.807, 2.05) is 23.4 Å². The maximum absolute atomic E-state index is 12.7. The Kier molecular flexibility index (Phi) is 6.28. The molecule has 3 rings (SSSR count). The van der Waals surface area contributed by atoms with Gasteiger partial charge in [0, 0.05) is 24.9 Å². The number of allylic oxidation sites excluding steroid dienone is 2. The van der Waals surface area contributed by atoms with Crippen molar-refractivity contribution >= 4 is 17.7 Å². The van der Waals surface area contributed by atoms with Crippen molar-refractivity contribution in [1.82, 2.24) is 19.7 Å². The average Bonchev–Trinajstić information content (AvgIpc) is 3.30. The summed E-state index contributed by atoms with van der Waals surface area (Å²) in [5.41, 5.74) is 3.62. The van der Waals surface area contributed by atoms with Gasteiger partial charge < -0.3 is 9.47 Å². The van der Waals surface area contributed by atoms with Crippen molar-refractivity contribution in [3.8, 4) is 11.4 Å². The number of thioether (sulfide) groups is 1. The maximum Gasteiger partial charge on any atom is 0.237 e. The van der Waals surface area contributed by atoms with E-state index in [0.717, 1.165) is 42.4 Å². The second-order valence-electron chi connectivity index (χ2n) is 8.21. The van der Waals surface area contributed by atoms with Crippen molar-refractivity contribution < 1.29 is 4.79 Å². The van der Waals surface area contributed by atoms with E-state index >= 15 is 0 Å². The van der Waals surface area contributed by atoms with Crippen molar-refractivity contribution in [2.45, 2.75) is 57.5 Å². The predicted molar refractivity (Wildman–Crippen MR) is 115 cm³/mol. The topological polar surface area (TPSA) is 51.0 Å². The first-order valence-corrected chi connectivity index (χ1v) is 10.9. The number of rotatable bonds is 6. The van der Waals surface area contributed by atoms with Gasteiger partial charge >= 0.3 is 0 Å². The molecule has 1 aromatic heterocycles. The lowest BCUT2D eigenvalue weighted by Crippen LogP contribution is -2.31. The molecule has 28 heavy (non-hydrogen) atoms. The zero-order chi connectivity index (χ0) is 20.3. The van der Waals surface area contributed by atoms with Gasteiger partial charge in [-0.2, -0.15) is 0 Å². The number of amides is 1. The van der Waals surface area contributed by atoms with Crippen LogP contribution in [0.4, 0.5) is 0 Å². The van der Waals surface area contributed by atoms with Gasteiger partial charge in [-0.3, -0.25) is 4.79 Å². The first-order chi connectivity index (χ1) is 13.3. The molecule has 5 nitrogen and oxygen atoms in total. The Morgan fingerprint density at radius 2 is 1.93 bits per heavy atom. The Morgan fingerprint density at radius 3 is 2.50 bits per heavy atom. The van der Waals surface area contributed by atoms with Gasteiger partial charge in [-0.05, 0) is 37.2 Å². The van der Waals surface area contributed by atoms with Gasteiger partial charge in [0.1, 0.15) is 0 Å². The molecule has 150 valence electrons. The first kappa shape index (κ1) is 20.6. The quantitative estimate of drug-likeness (QED) is 0.657. The highest BCUT2D eigenvalue weighted by Crippen LogP contribution is 2.28. The molecule has 1 aliphatic carbocycles. The fourth-order valence-electron chi connectivity index (χ4n) is 3.45. The number of benzene rings is 1. The molecular weight excluding hydrogens is 368 g/mol. The minimum absolute atomic E-state index is 0.125. The van der Waals surface area contributed by atoms with Gasteiger partial charge in [-0.1, -0.05) is 62.9 Å². The van der Waals surface area contributed by atoms with E-state index in [4.69, 9.17) is 0 Å². The maximum atomic E-state index is 12.7. The second-order valence-corrected chi connectivity index (χ2v) is 9.15. The molecule has 0 bridgehead atoms. The van der Waals surface area contributed by atoms with E-state index in [9.17, 15) is 4.79 Å². The lowest BCUT2D eigenvalue weighted by Gasteiger charge is -2.22. The van der Waals surface area contributed by atoms with Crippen molar-refractivity contribution in [3.05, 3.63) is 41.6 Å². The van der Waals surface area contributed by atoms with Crippen LogP contribution in [0.2, 0.25) is 0 Å². The van der Waals surface area contributed by atoms with Gasteiger partial charge in [-0.15, -0.1) is 10.2 Å². The van der Waals surface area contributed by atoms with Gasteiger partial charge in [0.2, 0.25) is 5.91 Å². The lowest BCUT2D eigenvalue weighted by molar-refractivity contribution is -0.126. The third kappa shape index (κ3) is 4.49. The molecule has 6 heteroatoms. The summed E-state index contributed by atoms with van der Waals surface area (Å²) in [6, 6.07) is 8.48. The van der Waals surface area contributed by atoms with E-state index in [2.05, 4.69) is 61.3 Å². The minimum atomic E-state index is 0.125. The van der Waals surface area contributed by atoms with Crippen LogP contribution in [-0.2, 0) is 17.3 Å². The number of hydrogen-bond donors (Lipinski definition) is 0. The highest BCUT2D eigenvalue weighted by Gasteiger charge is 2.20. The molecule has 0 radical (unpaired) electrons. The van der Waals surface area contributed by atoms with Crippen LogP contribution in [0.15, 0.2) is 41.2 Å². The van der Waals surface area contributed by atoms with Gasteiger partial charge in [0.15, 0.2) is 11.0 Å². The lowest BCUT2D eigenvalue weighted by atomic mass is 9.87. The Labute approximate surface area is 172 Å². The van der Waals surface area contributed by atoms with E-state index in [-0.39, 0.29) is 11.3 Å². The van der Waals surface area contributed by atoms with Crippen LogP contribution < -0.4 is 0 Å². The molecule has 1 aromatic carbocycles. The zero-order valence-electron chi connectivity index (χ0n) is 17.5. The Balaban J connectivity index is 1.68. The minimum Gasteiger partial charge on any atom is -0.316 e. The predicted octanol–water partition coefficient (Wildman–Crippen LogP) is 4.79. The summed E-state index contributed by atoms with van der Waals surface area (Å²) in [6.45, 7) is 9.37. The van der Waals surface area contributed by atoms with Crippen molar-refractivity contribution in [2.75, 3.05) is 12.3 Å². The van der Waals surface area contributed by atoms with Gasteiger partial charge in [0.05, 0.1) is 5.75 Å². The highest BCUT2D eigenvalue weighted by atomic mass is 32.2. The standard InChI is InChI=1S/C22H30N4OS/c1-6-26(18-9-7-8-10-18)19(27)15-28-21-24-23-20(25(21)5)16-11-13-17(14-12-16)22(2,3)4/h9,11-14H,6-8,10,15H2,1-5H3. The summed E-state index contributed by atoms with van der Waals surface area (Å²) in [5.74, 6) is 1.33. The fraction of sp³-hybridized carbons (Fsp3) is 0.500. The molecule has 0 atom stereocenters. The van der Waals surface area contributed by atoms with Crippen LogP contribution in [0.3, 0.4) is 0 Å². The molecular formula is C22H30N4OS. The molecule has 2 aromatic rings. The van der Waals surface area contributed by atoms with E-state index in [1.165, 1.54) is 23.0 Å². The number of hydrogen-bond acceptors (Lipinski definition) is 4. The second kappa shape index (κ2) is 8.52. The third-order valence-corrected chi connectivity index (χ3v) is 6.15. The van der Waals surface area contributed by atoms with Crippen LogP contribution in [0.25, 0.3) is 11.4 Å². The summed E-state index contributed by atoms with van der Waals surface area (Å²) in [5, 5.41) is 9.43. The summed E-state index contributed by atoms with van der Waals surface area (Å²) < 4.78 is 1.97. The summed E-state index contributed by atoms with van der Waals surface area (Å²) in [4.78, 5) is 14.6. The van der Waals surface area contributed by atoms with Crippen molar-refractivity contribution in [1.29, 1.82) is 0 Å². The molecule has 0 saturated carbocycles. The molecule has 0 fully saturated rings. The molecule has 0 aliphatic heterocycles. The molecule has 0 unspecified atom stereocenters. The summed E-state index contributed by atoms with van der Waals surface area (Å²) in [7, 11) is 1.96. The van der Waals surface area contributed by atoms with Crippen LogP contribution in [0.1, 0.15) is 52.5 Å². The smallest absolute Gasteiger partial charge is 0.237 e. The number of aromatic nitrogens is 3. The molecule has 1 heterocycles. The fourth-order valence-corrected chi connectivity index (χ4v) is 4.24. The third-order valence-electron chi connectivity index (χ3n) is 5.15. The largest absolute Gasteiger partial charge is 0.316 e. The number of carbonyl (C=O) groups is 1. The molecule has 1 amide bonds. The molecule has 0 spiro atoms. The first-order valence-electron chi connectivity index (χ1n) is 9.93. The van der Waals surface area contributed by atoms with Gasteiger partial charge in [0.25, 0.3) is 0 Å². The van der Waals surface area contributed by atoms with Crippen LogP contribution >= 0.6 is 11.8 Å². The van der Waals surface area contributed by atoms with Gasteiger partial charge in [-0.25, -0.2) is 0 Å². The van der Waals surface area contributed by atoms with E-state index in [1.54, 1.807) is 0 Å². The number of carbonyl (C=O) groups excluding carboxylic acids is 1. The monoisotopic (exact) mass is 398 g/mol. The Morgan fingerprint density at radius 1 is 1.21 bits per heavy atom. The van der Waals surface area contributed by atoms with E-state index in [0.29, 0.717) is 5.75 Å². The van der Waals surface area contributed by atoms with Crippen LogP contribution in [0.5, 0.6) is 0 Å². The Bertz CT molecular complexity index is 862. The Hall–Kier alpha value is -2.08. The van der Waals surface area contributed by atoms with Crippen LogP contribution in [-0.4, -0.2) is 37.9 Å². The van der Waals surface area contributed by atoms with Crippen molar-refractivity contribution in [3.63, 3.8) is 0 Å². The molecule has 0 saturated heterocycles. The highest BCUT2D eigenvalue weighted by molar-refractivity contribution is 7.99. The molecule has 1 aliphatic rings. The van der Waals surface area contributed by atoms with E-state index < -0.39 is 0 Å². The zero-order valence-corrected chi connectivity index (χ0v) is 18.3.